The molecular formula is C27H41N7O4. The van der Waals surface area contributed by atoms with Gasteiger partial charge < -0.3 is 25.3 Å². The minimum Gasteiger partial charge on any atom is -0.463 e. The molecule has 11 heteroatoms. The molecule has 1 aliphatic rings. The van der Waals surface area contributed by atoms with Crippen molar-refractivity contribution >= 4 is 17.0 Å². The lowest BCUT2D eigenvalue weighted by Crippen LogP contribution is -2.38. The molecule has 208 valence electrons. The monoisotopic (exact) mass is 527 g/mol. The predicted molar refractivity (Wildman–Crippen MR) is 147 cm³/mol. The molecule has 0 spiro atoms. The summed E-state index contributed by atoms with van der Waals surface area (Å²) >= 11 is 0. The first kappa shape index (κ1) is 28.0. The third-order valence-corrected chi connectivity index (χ3v) is 6.88. The number of nitrogens with zero attached hydrogens (tertiary/aromatic N) is 5. The molecule has 0 aliphatic carbocycles. The number of aryl methyl sites for hydroxylation is 1. The van der Waals surface area contributed by atoms with Gasteiger partial charge >= 0.3 is 11.7 Å². The van der Waals surface area contributed by atoms with Gasteiger partial charge in [-0.15, -0.1) is 0 Å². The Balaban J connectivity index is 1.40. The second kappa shape index (κ2) is 14.2. The molecular weight excluding hydrogens is 486 g/mol. The van der Waals surface area contributed by atoms with Crippen LogP contribution in [0.1, 0.15) is 43.7 Å². The normalized spacial score (nSPS) is 14.5. The van der Waals surface area contributed by atoms with Crippen LogP contribution < -0.4 is 16.2 Å². The number of aliphatic hydroxyl groups is 1. The van der Waals surface area contributed by atoms with Crippen LogP contribution in [0.4, 0.5) is 5.82 Å². The van der Waals surface area contributed by atoms with Gasteiger partial charge in [0.2, 0.25) is 0 Å². The number of morpholine rings is 1. The van der Waals surface area contributed by atoms with E-state index >= 15 is 0 Å². The first-order valence-electron chi connectivity index (χ1n) is 13.7. The van der Waals surface area contributed by atoms with Crippen molar-refractivity contribution in [3.05, 3.63) is 45.9 Å². The maximum atomic E-state index is 12.7. The Morgan fingerprint density at radius 2 is 1.79 bits per heavy atom. The number of fused-ring (bicyclic) bond motifs is 1. The molecule has 11 nitrogen and oxygen atoms in total. The molecule has 3 heterocycles. The molecule has 3 aromatic rings. The summed E-state index contributed by atoms with van der Waals surface area (Å²) in [6, 6.07) is 8.29. The van der Waals surface area contributed by atoms with Crippen molar-refractivity contribution in [3.8, 4) is 6.01 Å². The van der Waals surface area contributed by atoms with Crippen LogP contribution in [0.5, 0.6) is 6.01 Å². The fourth-order valence-electron chi connectivity index (χ4n) is 4.68. The largest absolute Gasteiger partial charge is 0.463 e. The molecule has 2 aromatic heterocycles. The first-order valence-corrected chi connectivity index (χ1v) is 13.7. The van der Waals surface area contributed by atoms with Gasteiger partial charge in [-0.25, -0.2) is 4.79 Å². The molecule has 38 heavy (non-hydrogen) atoms. The van der Waals surface area contributed by atoms with E-state index in [0.29, 0.717) is 24.3 Å². The van der Waals surface area contributed by atoms with Crippen LogP contribution in [-0.4, -0.2) is 87.0 Å². The molecule has 1 aliphatic heterocycles. The number of aromatic nitrogens is 4. The van der Waals surface area contributed by atoms with Gasteiger partial charge in [0, 0.05) is 32.7 Å². The number of nitrogen functional groups attached to an aromatic ring is 1. The number of hydrogen-bond acceptors (Lipinski definition) is 9. The van der Waals surface area contributed by atoms with Crippen LogP contribution >= 0.6 is 0 Å². The highest BCUT2D eigenvalue weighted by atomic mass is 16.5. The summed E-state index contributed by atoms with van der Waals surface area (Å²) in [5.74, 6) is 0.216. The van der Waals surface area contributed by atoms with Crippen molar-refractivity contribution in [1.29, 1.82) is 0 Å². The number of aromatic amines is 1. The van der Waals surface area contributed by atoms with Gasteiger partial charge in [-0.05, 0) is 43.5 Å². The fourth-order valence-corrected chi connectivity index (χ4v) is 4.68. The molecule has 0 radical (unpaired) electrons. The van der Waals surface area contributed by atoms with E-state index in [2.05, 4.69) is 43.8 Å². The third-order valence-electron chi connectivity index (χ3n) is 6.88. The van der Waals surface area contributed by atoms with Gasteiger partial charge in [0.05, 0.1) is 26.4 Å². The number of nitrogens with one attached hydrogen (secondary N) is 1. The molecule has 1 saturated heterocycles. The van der Waals surface area contributed by atoms with Crippen molar-refractivity contribution in [2.24, 2.45) is 0 Å². The van der Waals surface area contributed by atoms with Crippen LogP contribution in [0.3, 0.4) is 0 Å². The molecule has 4 N–H and O–H groups in total. The lowest BCUT2D eigenvalue weighted by molar-refractivity contribution is 0.0359. The molecule has 1 fully saturated rings. The van der Waals surface area contributed by atoms with Crippen molar-refractivity contribution in [1.82, 2.24) is 29.3 Å². The molecule has 0 amide bonds. The smallest absolute Gasteiger partial charge is 0.327 e. The standard InChI is InChI=1S/C27H41N7O4/c1-2-3-16-38-26-30-24(28)23-25(31-26)34(27(36)29-23)13-5-12-33(11-4-10-32-14-17-37-18-15-32)19-21-6-8-22(20-35)9-7-21/h6-9,35H,2-5,10-20H2,1H3,(H,29,36)(H2,28,30,31). The maximum Gasteiger partial charge on any atom is 0.327 e. The fraction of sp³-hybridized carbons (Fsp3) is 0.593. The minimum atomic E-state index is -0.245. The van der Waals surface area contributed by atoms with E-state index in [1.165, 1.54) is 5.56 Å². The zero-order valence-corrected chi connectivity index (χ0v) is 22.4. The van der Waals surface area contributed by atoms with Crippen molar-refractivity contribution < 1.29 is 14.6 Å². The van der Waals surface area contributed by atoms with Gasteiger partial charge in [0.25, 0.3) is 0 Å². The van der Waals surface area contributed by atoms with E-state index in [-0.39, 0.29) is 24.1 Å². The Bertz CT molecular complexity index is 1190. The Morgan fingerprint density at radius 3 is 2.50 bits per heavy atom. The van der Waals surface area contributed by atoms with Gasteiger partial charge in [0.15, 0.2) is 11.5 Å². The number of aliphatic hydroxyl groups excluding tert-OH is 1. The van der Waals surface area contributed by atoms with Crippen molar-refractivity contribution in [3.63, 3.8) is 0 Å². The minimum absolute atomic E-state index is 0.0440. The van der Waals surface area contributed by atoms with E-state index in [1.54, 1.807) is 4.57 Å². The summed E-state index contributed by atoms with van der Waals surface area (Å²) in [5, 5.41) is 9.36. The molecule has 0 atom stereocenters. The summed E-state index contributed by atoms with van der Waals surface area (Å²) in [4.78, 5) is 29.1. The summed E-state index contributed by atoms with van der Waals surface area (Å²) in [6.07, 6.45) is 3.73. The zero-order chi connectivity index (χ0) is 26.7. The number of imidazole rings is 1. The quantitative estimate of drug-likeness (QED) is 0.254. The van der Waals surface area contributed by atoms with Gasteiger partial charge in [0.1, 0.15) is 5.52 Å². The number of H-pyrrole nitrogens is 1. The highest BCUT2D eigenvalue weighted by molar-refractivity contribution is 5.81. The molecule has 0 unspecified atom stereocenters. The Labute approximate surface area is 223 Å². The third kappa shape index (κ3) is 7.76. The van der Waals surface area contributed by atoms with Crippen LogP contribution in [0, 0.1) is 0 Å². The zero-order valence-electron chi connectivity index (χ0n) is 22.4. The number of hydrogen-bond donors (Lipinski definition) is 3. The predicted octanol–water partition coefficient (Wildman–Crippen LogP) is 1.99. The van der Waals surface area contributed by atoms with Gasteiger partial charge in [-0.2, -0.15) is 9.97 Å². The van der Waals surface area contributed by atoms with Crippen molar-refractivity contribution in [2.75, 3.05) is 58.3 Å². The maximum absolute atomic E-state index is 12.7. The average molecular weight is 528 g/mol. The second-order valence-electron chi connectivity index (χ2n) is 9.79. The van der Waals surface area contributed by atoms with Gasteiger partial charge in [-0.3, -0.25) is 14.4 Å². The number of nitrogens with two attached hydrogens (primary N) is 1. The SMILES string of the molecule is CCCCOc1nc(N)c2[nH]c(=O)n(CCCN(CCCN3CCOCC3)Cc3ccc(CO)cc3)c2n1. The number of ether oxygens (including phenoxy) is 2. The highest BCUT2D eigenvalue weighted by Gasteiger charge is 2.16. The summed E-state index contributed by atoms with van der Waals surface area (Å²) in [6.45, 7) is 10.4. The van der Waals surface area contributed by atoms with Crippen LogP contribution in [0.15, 0.2) is 29.1 Å². The molecule has 0 bridgehead atoms. The Hall–Kier alpha value is -2.99. The van der Waals surface area contributed by atoms with E-state index in [4.69, 9.17) is 15.2 Å². The Kier molecular flexibility index (Phi) is 10.5. The number of benzene rings is 1. The lowest BCUT2D eigenvalue weighted by atomic mass is 10.1. The Morgan fingerprint density at radius 1 is 1.08 bits per heavy atom. The second-order valence-corrected chi connectivity index (χ2v) is 9.79. The molecule has 1 aromatic carbocycles. The van der Waals surface area contributed by atoms with E-state index in [0.717, 1.165) is 83.7 Å². The number of anilines is 1. The van der Waals surface area contributed by atoms with E-state index in [1.807, 2.05) is 12.1 Å². The van der Waals surface area contributed by atoms with Gasteiger partial charge in [-0.1, -0.05) is 37.6 Å². The van der Waals surface area contributed by atoms with Crippen LogP contribution in [0.25, 0.3) is 11.2 Å². The highest BCUT2D eigenvalue weighted by Crippen LogP contribution is 2.18. The van der Waals surface area contributed by atoms with Crippen LogP contribution in [-0.2, 0) is 24.4 Å². The van der Waals surface area contributed by atoms with Crippen molar-refractivity contribution in [2.45, 2.75) is 52.3 Å². The van der Waals surface area contributed by atoms with Crippen LogP contribution in [0.2, 0.25) is 0 Å². The van der Waals surface area contributed by atoms with E-state index in [9.17, 15) is 9.90 Å². The van der Waals surface area contributed by atoms with E-state index < -0.39 is 0 Å². The first-order chi connectivity index (χ1) is 18.6. The lowest BCUT2D eigenvalue weighted by Gasteiger charge is -2.28. The summed E-state index contributed by atoms with van der Waals surface area (Å²) in [7, 11) is 0. The average Bonchev–Trinajstić information content (AvgIpc) is 3.25. The molecule has 4 rings (SSSR count). The molecule has 0 saturated carbocycles. The summed E-state index contributed by atoms with van der Waals surface area (Å²) in [5.41, 5.74) is 8.88. The number of unbranched alkanes of at least 4 members (excludes halogenated alkanes) is 1. The number of rotatable bonds is 15. The topological polar surface area (TPSA) is 135 Å². The summed E-state index contributed by atoms with van der Waals surface area (Å²) < 4.78 is 12.7.